The van der Waals surface area contributed by atoms with Crippen molar-refractivity contribution in [1.29, 1.82) is 0 Å². The van der Waals surface area contributed by atoms with Gasteiger partial charge in [-0.25, -0.2) is 0 Å². The Morgan fingerprint density at radius 1 is 1.57 bits per heavy atom. The molecule has 1 aliphatic rings. The molecule has 120 valence electrons. The standard InChI is InChI=1S/C13H23N3O4S/c1-3-5-11-8-13(20-15-11)9-14-21(17,18)16-7-4-6-12(16)10-19-2/h8,12,14H,3-7,9-10H2,1-2H3. The highest BCUT2D eigenvalue weighted by molar-refractivity contribution is 7.87. The van der Waals surface area contributed by atoms with Crippen molar-refractivity contribution in [3.05, 3.63) is 17.5 Å². The van der Waals surface area contributed by atoms with Gasteiger partial charge in [0.05, 0.1) is 18.8 Å². The number of rotatable bonds is 8. The molecule has 0 aromatic carbocycles. The van der Waals surface area contributed by atoms with Crippen molar-refractivity contribution in [2.24, 2.45) is 0 Å². The van der Waals surface area contributed by atoms with Gasteiger partial charge in [-0.3, -0.25) is 0 Å². The Balaban J connectivity index is 1.93. The van der Waals surface area contributed by atoms with Gasteiger partial charge in [0, 0.05) is 25.8 Å². The largest absolute Gasteiger partial charge is 0.383 e. The first-order valence-electron chi connectivity index (χ1n) is 7.26. The first-order valence-corrected chi connectivity index (χ1v) is 8.70. The molecule has 1 aliphatic heterocycles. The summed E-state index contributed by atoms with van der Waals surface area (Å²) in [6, 6.07) is 1.71. The third-order valence-corrected chi connectivity index (χ3v) is 5.14. The van der Waals surface area contributed by atoms with E-state index >= 15 is 0 Å². The van der Waals surface area contributed by atoms with Gasteiger partial charge in [-0.1, -0.05) is 18.5 Å². The van der Waals surface area contributed by atoms with E-state index in [0.717, 1.165) is 31.4 Å². The van der Waals surface area contributed by atoms with Gasteiger partial charge in [0.25, 0.3) is 10.2 Å². The van der Waals surface area contributed by atoms with Gasteiger partial charge >= 0.3 is 0 Å². The zero-order valence-electron chi connectivity index (χ0n) is 12.5. The molecule has 2 rings (SSSR count). The molecule has 2 heterocycles. The van der Waals surface area contributed by atoms with E-state index in [2.05, 4.69) is 16.8 Å². The Morgan fingerprint density at radius 3 is 3.10 bits per heavy atom. The molecule has 0 spiro atoms. The lowest BCUT2D eigenvalue weighted by Crippen LogP contribution is -2.44. The SMILES string of the molecule is CCCc1cc(CNS(=O)(=O)N2CCCC2COC)on1. The van der Waals surface area contributed by atoms with E-state index in [1.165, 1.54) is 4.31 Å². The maximum Gasteiger partial charge on any atom is 0.280 e. The van der Waals surface area contributed by atoms with Crippen LogP contribution in [0.3, 0.4) is 0 Å². The Morgan fingerprint density at radius 2 is 2.38 bits per heavy atom. The molecule has 0 amide bonds. The highest BCUT2D eigenvalue weighted by Crippen LogP contribution is 2.20. The van der Waals surface area contributed by atoms with E-state index in [1.807, 2.05) is 0 Å². The summed E-state index contributed by atoms with van der Waals surface area (Å²) in [4.78, 5) is 0. The maximum atomic E-state index is 12.3. The summed E-state index contributed by atoms with van der Waals surface area (Å²) in [6.07, 6.45) is 3.50. The first-order chi connectivity index (χ1) is 10.1. The average molecular weight is 317 g/mol. The quantitative estimate of drug-likeness (QED) is 0.775. The van der Waals surface area contributed by atoms with Crippen LogP contribution in [0.15, 0.2) is 10.6 Å². The van der Waals surface area contributed by atoms with Gasteiger partial charge in [-0.15, -0.1) is 0 Å². The number of methoxy groups -OCH3 is 1. The fourth-order valence-corrected chi connectivity index (χ4v) is 3.96. The van der Waals surface area contributed by atoms with Gasteiger partial charge in [-0.2, -0.15) is 17.4 Å². The normalized spacial score (nSPS) is 20.2. The molecule has 0 aliphatic carbocycles. The molecular weight excluding hydrogens is 294 g/mol. The van der Waals surface area contributed by atoms with Crippen molar-refractivity contribution in [2.75, 3.05) is 20.3 Å². The minimum atomic E-state index is -3.52. The fourth-order valence-electron chi connectivity index (χ4n) is 2.54. The van der Waals surface area contributed by atoms with Gasteiger partial charge in [0.15, 0.2) is 5.76 Å². The van der Waals surface area contributed by atoms with Crippen molar-refractivity contribution in [2.45, 2.75) is 45.2 Å². The van der Waals surface area contributed by atoms with Crippen molar-refractivity contribution in [3.63, 3.8) is 0 Å². The lowest BCUT2D eigenvalue weighted by molar-refractivity contribution is 0.148. The average Bonchev–Trinajstić information content (AvgIpc) is 3.07. The number of aromatic nitrogens is 1. The molecule has 1 fully saturated rings. The molecule has 1 aromatic heterocycles. The van der Waals surface area contributed by atoms with E-state index in [4.69, 9.17) is 9.26 Å². The summed E-state index contributed by atoms with van der Waals surface area (Å²) in [6.45, 7) is 3.13. The molecule has 21 heavy (non-hydrogen) atoms. The highest BCUT2D eigenvalue weighted by Gasteiger charge is 2.34. The topological polar surface area (TPSA) is 84.7 Å². The number of aryl methyl sites for hydroxylation is 1. The number of nitrogens with one attached hydrogen (secondary N) is 1. The highest BCUT2D eigenvalue weighted by atomic mass is 32.2. The molecule has 7 nitrogen and oxygen atoms in total. The molecule has 1 atom stereocenters. The third kappa shape index (κ3) is 4.26. The zero-order chi connectivity index (χ0) is 15.3. The van der Waals surface area contributed by atoms with Crippen LogP contribution in [0.25, 0.3) is 0 Å². The van der Waals surface area contributed by atoms with Crippen molar-refractivity contribution >= 4 is 10.2 Å². The second-order valence-corrected chi connectivity index (χ2v) is 6.93. The van der Waals surface area contributed by atoms with Crippen LogP contribution in [-0.4, -0.2) is 44.2 Å². The Hall–Kier alpha value is -0.960. The van der Waals surface area contributed by atoms with Crippen molar-refractivity contribution < 1.29 is 17.7 Å². The van der Waals surface area contributed by atoms with E-state index in [-0.39, 0.29) is 12.6 Å². The van der Waals surface area contributed by atoms with E-state index in [1.54, 1.807) is 13.2 Å². The molecule has 1 aromatic rings. The van der Waals surface area contributed by atoms with Crippen LogP contribution in [0, 0.1) is 0 Å². The predicted octanol–water partition coefficient (Wildman–Crippen LogP) is 1.07. The first kappa shape index (κ1) is 16.4. The minimum absolute atomic E-state index is 0.0853. The Kier molecular flexibility index (Phi) is 5.74. The van der Waals surface area contributed by atoms with Gasteiger partial charge in [-0.05, 0) is 19.3 Å². The van der Waals surface area contributed by atoms with Crippen LogP contribution in [0.4, 0.5) is 0 Å². The number of ether oxygens (including phenoxy) is 1. The maximum absolute atomic E-state index is 12.3. The number of hydrogen-bond donors (Lipinski definition) is 1. The molecule has 1 N–H and O–H groups in total. The smallest absolute Gasteiger partial charge is 0.280 e. The van der Waals surface area contributed by atoms with E-state index in [0.29, 0.717) is 18.9 Å². The van der Waals surface area contributed by atoms with Crippen molar-refractivity contribution in [3.8, 4) is 0 Å². The van der Waals surface area contributed by atoms with Gasteiger partial charge in [0.1, 0.15) is 0 Å². The summed E-state index contributed by atoms with van der Waals surface area (Å²) in [7, 11) is -1.93. The van der Waals surface area contributed by atoms with Crippen LogP contribution in [0.2, 0.25) is 0 Å². The third-order valence-electron chi connectivity index (χ3n) is 3.53. The van der Waals surface area contributed by atoms with Crippen LogP contribution in [-0.2, 0) is 27.9 Å². The predicted molar refractivity (Wildman–Crippen MR) is 77.9 cm³/mol. The van der Waals surface area contributed by atoms with Gasteiger partial charge < -0.3 is 9.26 Å². The Bertz CT molecular complexity index is 543. The summed E-state index contributed by atoms with van der Waals surface area (Å²) < 4.78 is 38.9. The summed E-state index contributed by atoms with van der Waals surface area (Å²) in [5, 5.41) is 3.91. The molecule has 0 saturated carbocycles. The summed E-state index contributed by atoms with van der Waals surface area (Å²) in [5.74, 6) is 0.532. The van der Waals surface area contributed by atoms with Crippen molar-refractivity contribution in [1.82, 2.24) is 14.2 Å². The number of nitrogens with zero attached hydrogens (tertiary/aromatic N) is 2. The fraction of sp³-hybridized carbons (Fsp3) is 0.769. The molecule has 0 radical (unpaired) electrons. The van der Waals surface area contributed by atoms with Gasteiger partial charge in [0.2, 0.25) is 0 Å². The van der Waals surface area contributed by atoms with Crippen LogP contribution in [0.5, 0.6) is 0 Å². The lowest BCUT2D eigenvalue weighted by atomic mass is 10.2. The minimum Gasteiger partial charge on any atom is -0.383 e. The summed E-state index contributed by atoms with van der Waals surface area (Å²) >= 11 is 0. The molecule has 0 bridgehead atoms. The van der Waals surface area contributed by atoms with Crippen LogP contribution >= 0.6 is 0 Å². The van der Waals surface area contributed by atoms with Crippen LogP contribution < -0.4 is 4.72 Å². The second-order valence-electron chi connectivity index (χ2n) is 5.22. The zero-order valence-corrected chi connectivity index (χ0v) is 13.4. The second kappa shape index (κ2) is 7.35. The monoisotopic (exact) mass is 317 g/mol. The number of hydrogen-bond acceptors (Lipinski definition) is 5. The molecule has 8 heteroatoms. The molecule has 1 saturated heterocycles. The summed E-state index contributed by atoms with van der Waals surface area (Å²) in [5.41, 5.74) is 0.852. The van der Waals surface area contributed by atoms with E-state index in [9.17, 15) is 8.42 Å². The molecular formula is C13H23N3O4S. The Labute approximate surface area is 125 Å². The molecule has 1 unspecified atom stereocenters. The lowest BCUT2D eigenvalue weighted by Gasteiger charge is -2.23. The van der Waals surface area contributed by atoms with E-state index < -0.39 is 10.2 Å². The van der Waals surface area contributed by atoms with Crippen LogP contribution in [0.1, 0.15) is 37.6 Å².